The van der Waals surface area contributed by atoms with Gasteiger partial charge in [-0.1, -0.05) is 18.2 Å². The van der Waals surface area contributed by atoms with Crippen LogP contribution >= 0.6 is 0 Å². The fourth-order valence-electron chi connectivity index (χ4n) is 4.93. The molecule has 0 radical (unpaired) electrons. The molecular weight excluding hydrogens is 424 g/mol. The SMILES string of the molecule is CC(C)Oc1ccc(CN(C(=O)NCc2ccc(F)cc2F)[C@@H]2CCN3CCC[C@H]3C2)cc1. The molecule has 2 aromatic rings. The molecule has 0 unspecified atom stereocenters. The summed E-state index contributed by atoms with van der Waals surface area (Å²) < 4.78 is 33.0. The number of ether oxygens (including phenoxy) is 1. The second-order valence-corrected chi connectivity index (χ2v) is 9.34. The Hall–Kier alpha value is -2.67. The summed E-state index contributed by atoms with van der Waals surface area (Å²) >= 11 is 0. The number of benzene rings is 2. The third kappa shape index (κ3) is 6.02. The monoisotopic (exact) mass is 457 g/mol. The first-order chi connectivity index (χ1) is 15.9. The third-order valence-corrected chi connectivity index (χ3v) is 6.59. The number of halogens is 2. The van der Waals surface area contributed by atoms with E-state index in [0.717, 1.165) is 43.3 Å². The van der Waals surface area contributed by atoms with Crippen LogP contribution in [0.1, 0.15) is 50.7 Å². The molecule has 2 atom stereocenters. The Bertz CT molecular complexity index is 951. The highest BCUT2D eigenvalue weighted by Gasteiger charge is 2.35. The number of hydrogen-bond acceptors (Lipinski definition) is 3. The minimum absolute atomic E-state index is 0.0187. The van der Waals surface area contributed by atoms with Gasteiger partial charge in [-0.2, -0.15) is 0 Å². The Labute approximate surface area is 194 Å². The van der Waals surface area contributed by atoms with E-state index in [1.165, 1.54) is 25.0 Å². The van der Waals surface area contributed by atoms with Gasteiger partial charge in [0.1, 0.15) is 17.4 Å². The van der Waals surface area contributed by atoms with E-state index in [2.05, 4.69) is 10.2 Å². The van der Waals surface area contributed by atoms with Gasteiger partial charge >= 0.3 is 6.03 Å². The molecule has 0 aliphatic carbocycles. The lowest BCUT2D eigenvalue weighted by molar-refractivity contribution is 0.0979. The van der Waals surface area contributed by atoms with Gasteiger partial charge in [-0.05, 0) is 69.8 Å². The molecule has 0 saturated carbocycles. The number of urea groups is 1. The second-order valence-electron chi connectivity index (χ2n) is 9.34. The smallest absolute Gasteiger partial charge is 0.318 e. The molecular formula is C26H33F2N3O2. The molecule has 2 aromatic carbocycles. The van der Waals surface area contributed by atoms with Gasteiger partial charge in [0.15, 0.2) is 0 Å². The fourth-order valence-corrected chi connectivity index (χ4v) is 4.93. The van der Waals surface area contributed by atoms with E-state index in [1.807, 2.05) is 43.0 Å². The summed E-state index contributed by atoms with van der Waals surface area (Å²) in [5, 5.41) is 2.86. The topological polar surface area (TPSA) is 44.8 Å². The average molecular weight is 458 g/mol. The summed E-state index contributed by atoms with van der Waals surface area (Å²) in [5.41, 5.74) is 1.29. The molecule has 0 bridgehead atoms. The molecule has 2 saturated heterocycles. The number of nitrogens with one attached hydrogen (secondary N) is 1. The maximum atomic E-state index is 14.1. The fraction of sp³-hybridized carbons (Fsp3) is 0.500. The molecule has 2 heterocycles. The summed E-state index contributed by atoms with van der Waals surface area (Å²) in [7, 11) is 0. The van der Waals surface area contributed by atoms with Crippen molar-refractivity contribution in [3.05, 3.63) is 65.2 Å². The number of nitrogens with zero attached hydrogens (tertiary/aromatic N) is 2. The van der Waals surface area contributed by atoms with Gasteiger partial charge in [0, 0.05) is 43.3 Å². The van der Waals surface area contributed by atoms with E-state index < -0.39 is 11.6 Å². The van der Waals surface area contributed by atoms with Gasteiger partial charge < -0.3 is 19.9 Å². The Kier molecular flexibility index (Phi) is 7.48. The molecule has 1 N–H and O–H groups in total. The van der Waals surface area contributed by atoms with Crippen LogP contribution in [-0.4, -0.2) is 47.1 Å². The zero-order chi connectivity index (χ0) is 23.4. The molecule has 5 nitrogen and oxygen atoms in total. The van der Waals surface area contributed by atoms with Crippen molar-refractivity contribution >= 4 is 6.03 Å². The molecule has 2 aliphatic heterocycles. The highest BCUT2D eigenvalue weighted by molar-refractivity contribution is 5.74. The zero-order valence-electron chi connectivity index (χ0n) is 19.4. The minimum Gasteiger partial charge on any atom is -0.491 e. The van der Waals surface area contributed by atoms with Crippen LogP contribution in [0, 0.1) is 11.6 Å². The molecule has 0 aromatic heterocycles. The number of carbonyl (C=O) groups excluding carboxylic acids is 1. The first kappa shape index (κ1) is 23.5. The zero-order valence-corrected chi connectivity index (χ0v) is 19.4. The standard InChI is InChI=1S/C26H33F2N3O2/c1-18(2)33-24-9-5-19(6-10-24)17-31(23-11-13-30-12-3-4-22(30)15-23)26(32)29-16-20-7-8-21(27)14-25(20)28/h5-10,14,18,22-23H,3-4,11-13,15-17H2,1-2H3,(H,29,32)/t22-,23+/m0/s1. The lowest BCUT2D eigenvalue weighted by atomic mass is 9.96. The van der Waals surface area contributed by atoms with Crippen molar-refractivity contribution < 1.29 is 18.3 Å². The summed E-state index contributed by atoms with van der Waals surface area (Å²) in [5.74, 6) is -0.477. The van der Waals surface area contributed by atoms with Crippen LogP contribution in [0.4, 0.5) is 13.6 Å². The first-order valence-electron chi connectivity index (χ1n) is 11.9. The summed E-state index contributed by atoms with van der Waals surface area (Å²) in [6.07, 6.45) is 4.36. The van der Waals surface area contributed by atoms with Crippen molar-refractivity contribution in [2.24, 2.45) is 0 Å². The van der Waals surface area contributed by atoms with Crippen molar-refractivity contribution in [1.29, 1.82) is 0 Å². The highest BCUT2D eigenvalue weighted by atomic mass is 19.1. The van der Waals surface area contributed by atoms with Crippen LogP contribution in [0.3, 0.4) is 0 Å². The van der Waals surface area contributed by atoms with Crippen LogP contribution in [0.5, 0.6) is 5.75 Å². The summed E-state index contributed by atoms with van der Waals surface area (Å²) in [6, 6.07) is 11.7. The number of carbonyl (C=O) groups is 1. The van der Waals surface area contributed by atoms with Gasteiger partial charge in [-0.3, -0.25) is 0 Å². The lowest BCUT2D eigenvalue weighted by Crippen LogP contribution is -2.51. The summed E-state index contributed by atoms with van der Waals surface area (Å²) in [4.78, 5) is 17.7. The number of hydrogen-bond donors (Lipinski definition) is 1. The summed E-state index contributed by atoms with van der Waals surface area (Å²) in [6.45, 7) is 6.60. The maximum Gasteiger partial charge on any atom is 0.318 e. The van der Waals surface area contributed by atoms with E-state index in [0.29, 0.717) is 12.6 Å². The average Bonchev–Trinajstić information content (AvgIpc) is 3.25. The Morgan fingerprint density at radius 3 is 2.67 bits per heavy atom. The quantitative estimate of drug-likeness (QED) is 0.630. The number of fused-ring (bicyclic) bond motifs is 1. The molecule has 2 amide bonds. The van der Waals surface area contributed by atoms with Gasteiger partial charge in [0.25, 0.3) is 0 Å². The van der Waals surface area contributed by atoms with Crippen molar-refractivity contribution in [2.75, 3.05) is 13.1 Å². The van der Waals surface area contributed by atoms with E-state index in [4.69, 9.17) is 4.74 Å². The van der Waals surface area contributed by atoms with Crippen molar-refractivity contribution in [2.45, 2.75) is 70.8 Å². The van der Waals surface area contributed by atoms with Crippen LogP contribution in [0.2, 0.25) is 0 Å². The van der Waals surface area contributed by atoms with Crippen molar-refractivity contribution in [3.8, 4) is 5.75 Å². The molecule has 0 spiro atoms. The number of amides is 2. The van der Waals surface area contributed by atoms with Crippen molar-refractivity contribution in [1.82, 2.24) is 15.1 Å². The van der Waals surface area contributed by atoms with Gasteiger partial charge in [-0.25, -0.2) is 13.6 Å². The molecule has 7 heteroatoms. The molecule has 2 aliphatic rings. The number of piperidine rings is 1. The van der Waals surface area contributed by atoms with Crippen LogP contribution in [0.25, 0.3) is 0 Å². The Morgan fingerprint density at radius 1 is 1.15 bits per heavy atom. The van der Waals surface area contributed by atoms with Gasteiger partial charge in [0.2, 0.25) is 0 Å². The molecule has 4 rings (SSSR count). The predicted octanol–water partition coefficient (Wildman–Crippen LogP) is 5.09. The van der Waals surface area contributed by atoms with Crippen LogP contribution in [0.15, 0.2) is 42.5 Å². The minimum atomic E-state index is -0.651. The first-order valence-corrected chi connectivity index (χ1v) is 11.9. The Balaban J connectivity index is 1.47. The second kappa shape index (κ2) is 10.5. The molecule has 2 fully saturated rings. The van der Waals surface area contributed by atoms with E-state index in [1.54, 1.807) is 0 Å². The highest BCUT2D eigenvalue weighted by Crippen LogP contribution is 2.30. The largest absolute Gasteiger partial charge is 0.491 e. The van der Waals surface area contributed by atoms with Crippen LogP contribution < -0.4 is 10.1 Å². The van der Waals surface area contributed by atoms with Gasteiger partial charge in [0.05, 0.1) is 6.10 Å². The van der Waals surface area contributed by atoms with E-state index >= 15 is 0 Å². The maximum absolute atomic E-state index is 14.1. The molecule has 178 valence electrons. The van der Waals surface area contributed by atoms with Crippen LogP contribution in [-0.2, 0) is 13.1 Å². The normalized spacial score (nSPS) is 20.5. The van der Waals surface area contributed by atoms with E-state index in [9.17, 15) is 13.6 Å². The Morgan fingerprint density at radius 2 is 1.94 bits per heavy atom. The van der Waals surface area contributed by atoms with Crippen molar-refractivity contribution in [3.63, 3.8) is 0 Å². The third-order valence-electron chi connectivity index (χ3n) is 6.59. The molecule has 33 heavy (non-hydrogen) atoms. The van der Waals surface area contributed by atoms with E-state index in [-0.39, 0.29) is 30.3 Å². The predicted molar refractivity (Wildman–Crippen MR) is 124 cm³/mol. The lowest BCUT2D eigenvalue weighted by Gasteiger charge is -2.40. The van der Waals surface area contributed by atoms with Gasteiger partial charge in [-0.15, -0.1) is 0 Å². The number of rotatable bonds is 7.